The second-order valence-electron chi connectivity index (χ2n) is 10.1. The standard InChI is InChI=1S/C18H30N2O3/c1-19(2)6-5-18(23)14(9-19)13-7-12(21)8-17(13)11-20(3,4)10-15(18)16(17)22/h13-15,23H,5-11H2,1-4H3/q+2/t13-,14-,15-,17-,18-/m0/s1. The lowest BCUT2D eigenvalue weighted by molar-refractivity contribution is -0.914. The van der Waals surface area contributed by atoms with Crippen molar-refractivity contribution in [3.05, 3.63) is 0 Å². The number of aliphatic hydroxyl groups is 1. The first-order valence-electron chi connectivity index (χ1n) is 8.92. The molecule has 5 atom stereocenters. The molecule has 4 fully saturated rings. The van der Waals surface area contributed by atoms with Crippen molar-refractivity contribution in [3.63, 3.8) is 0 Å². The van der Waals surface area contributed by atoms with Crippen molar-refractivity contribution < 1.29 is 23.7 Å². The molecule has 0 aromatic carbocycles. The summed E-state index contributed by atoms with van der Waals surface area (Å²) in [5, 5.41) is 11.6. The molecule has 2 heterocycles. The van der Waals surface area contributed by atoms with Crippen LogP contribution in [-0.2, 0) is 9.59 Å². The van der Waals surface area contributed by atoms with Gasteiger partial charge in [0.25, 0.3) is 0 Å². The maximum Gasteiger partial charge on any atom is 0.157 e. The average molecular weight is 322 g/mol. The zero-order chi connectivity index (χ0) is 16.8. The van der Waals surface area contributed by atoms with E-state index < -0.39 is 11.0 Å². The maximum atomic E-state index is 13.3. The number of carbonyl (C=O) groups is 2. The van der Waals surface area contributed by atoms with Crippen LogP contribution in [0.1, 0.15) is 19.3 Å². The highest BCUT2D eigenvalue weighted by Gasteiger charge is 2.74. The van der Waals surface area contributed by atoms with Crippen LogP contribution < -0.4 is 0 Å². The molecular formula is C18H30N2O3+2. The van der Waals surface area contributed by atoms with Crippen molar-refractivity contribution in [1.29, 1.82) is 0 Å². The maximum absolute atomic E-state index is 13.3. The fourth-order valence-electron chi connectivity index (χ4n) is 6.54. The third kappa shape index (κ3) is 1.96. The average Bonchev–Trinajstić information content (AvgIpc) is 2.73. The van der Waals surface area contributed by atoms with E-state index in [1.165, 1.54) is 0 Å². The predicted molar refractivity (Wildman–Crippen MR) is 85.4 cm³/mol. The summed E-state index contributed by atoms with van der Waals surface area (Å²) >= 11 is 0. The number of fused-ring (bicyclic) bond motifs is 4. The first-order chi connectivity index (χ1) is 10.5. The van der Waals surface area contributed by atoms with Gasteiger partial charge < -0.3 is 14.1 Å². The number of rotatable bonds is 0. The van der Waals surface area contributed by atoms with Crippen molar-refractivity contribution in [1.82, 2.24) is 0 Å². The summed E-state index contributed by atoms with van der Waals surface area (Å²) in [5.41, 5.74) is -1.41. The molecule has 0 aromatic rings. The number of carbonyl (C=O) groups excluding carboxylic acids is 2. The normalized spacial score (nSPS) is 50.4. The lowest BCUT2D eigenvalue weighted by atomic mass is 9.49. The molecular weight excluding hydrogens is 292 g/mol. The molecule has 0 unspecified atom stereocenters. The molecule has 128 valence electrons. The first-order valence-corrected chi connectivity index (χ1v) is 8.92. The molecule has 5 nitrogen and oxygen atoms in total. The number of piperidine rings is 2. The van der Waals surface area contributed by atoms with Crippen LogP contribution in [0.4, 0.5) is 0 Å². The van der Waals surface area contributed by atoms with Gasteiger partial charge >= 0.3 is 0 Å². The summed E-state index contributed by atoms with van der Waals surface area (Å²) in [5.74, 6) is 0.263. The summed E-state index contributed by atoms with van der Waals surface area (Å²) in [6.45, 7) is 3.26. The zero-order valence-corrected chi connectivity index (χ0v) is 14.8. The Bertz CT molecular complexity index is 599. The number of likely N-dealkylation sites (tertiary alicyclic amines) is 2. The molecule has 1 spiro atoms. The van der Waals surface area contributed by atoms with E-state index in [1.807, 2.05) is 0 Å². The van der Waals surface area contributed by atoms with Crippen molar-refractivity contribution in [2.24, 2.45) is 23.2 Å². The summed E-state index contributed by atoms with van der Waals surface area (Å²) in [6.07, 6.45) is 1.59. The molecule has 23 heavy (non-hydrogen) atoms. The SMILES string of the molecule is C[N+]1(C)CC[C@@]2(O)[C@H]3C[N+](C)(C)C[C@]4(CC(=O)C[C@H]4[C@@H]2C1)C3=O. The van der Waals surface area contributed by atoms with Crippen LogP contribution in [0.25, 0.3) is 0 Å². The van der Waals surface area contributed by atoms with E-state index in [0.717, 1.165) is 28.6 Å². The van der Waals surface area contributed by atoms with Gasteiger partial charge in [-0.05, 0) is 5.92 Å². The minimum absolute atomic E-state index is 0.0409. The van der Waals surface area contributed by atoms with Crippen LogP contribution in [0.3, 0.4) is 0 Å². The molecule has 2 aliphatic heterocycles. The first kappa shape index (κ1) is 15.7. The number of quaternary nitrogens is 2. The molecule has 4 rings (SSSR count). The Kier molecular flexibility index (Phi) is 2.90. The third-order valence-electron chi connectivity index (χ3n) is 7.40. The molecule has 2 saturated heterocycles. The van der Waals surface area contributed by atoms with Gasteiger partial charge in [-0.3, -0.25) is 9.59 Å². The van der Waals surface area contributed by atoms with Gasteiger partial charge in [0.15, 0.2) is 5.78 Å². The lowest BCUT2D eigenvalue weighted by Crippen LogP contribution is -2.76. The largest absolute Gasteiger partial charge is 0.388 e. The molecule has 2 aliphatic carbocycles. The fraction of sp³-hybridized carbons (Fsp3) is 0.889. The Morgan fingerprint density at radius 3 is 2.43 bits per heavy atom. The van der Waals surface area contributed by atoms with Crippen molar-refractivity contribution in [2.75, 3.05) is 54.4 Å². The van der Waals surface area contributed by atoms with Crippen molar-refractivity contribution in [2.45, 2.75) is 24.9 Å². The van der Waals surface area contributed by atoms with E-state index in [0.29, 0.717) is 25.8 Å². The van der Waals surface area contributed by atoms with Gasteiger partial charge in [0.05, 0.1) is 71.3 Å². The van der Waals surface area contributed by atoms with E-state index >= 15 is 0 Å². The summed E-state index contributed by atoms with van der Waals surface area (Å²) < 4.78 is 1.63. The minimum Gasteiger partial charge on any atom is -0.388 e. The Hall–Kier alpha value is -0.780. The van der Waals surface area contributed by atoms with Gasteiger partial charge in [-0.25, -0.2) is 0 Å². The van der Waals surface area contributed by atoms with E-state index in [-0.39, 0.29) is 29.3 Å². The molecule has 0 aromatic heterocycles. The van der Waals surface area contributed by atoms with Gasteiger partial charge in [0, 0.05) is 25.2 Å². The molecule has 2 saturated carbocycles. The Balaban J connectivity index is 1.86. The molecule has 2 bridgehead atoms. The fourth-order valence-corrected chi connectivity index (χ4v) is 6.54. The highest BCUT2D eigenvalue weighted by atomic mass is 16.3. The molecule has 0 radical (unpaired) electrons. The number of nitrogens with zero attached hydrogens (tertiary/aromatic N) is 2. The Labute approximate surface area is 138 Å². The van der Waals surface area contributed by atoms with Gasteiger partial charge in [0.2, 0.25) is 0 Å². The topological polar surface area (TPSA) is 54.4 Å². The number of hydrogen-bond acceptors (Lipinski definition) is 3. The number of ketones is 2. The minimum atomic E-state index is -0.903. The van der Waals surface area contributed by atoms with Gasteiger partial charge in [-0.2, -0.15) is 0 Å². The molecule has 4 aliphatic rings. The summed E-state index contributed by atoms with van der Waals surface area (Å²) in [6, 6.07) is 0. The quantitative estimate of drug-likeness (QED) is 0.642. The van der Waals surface area contributed by atoms with E-state index in [9.17, 15) is 14.7 Å². The van der Waals surface area contributed by atoms with Gasteiger partial charge in [-0.1, -0.05) is 0 Å². The second-order valence-corrected chi connectivity index (χ2v) is 10.1. The number of Topliss-reactive ketones (excluding diaryl/α,β-unsaturated/α-hetero) is 2. The summed E-state index contributed by atoms with van der Waals surface area (Å²) in [4.78, 5) is 25.7. The number of hydrogen-bond donors (Lipinski definition) is 1. The predicted octanol–water partition coefficient (Wildman–Crippen LogP) is 0.0682. The van der Waals surface area contributed by atoms with Crippen LogP contribution in [0.5, 0.6) is 0 Å². The van der Waals surface area contributed by atoms with E-state index in [1.54, 1.807) is 0 Å². The Morgan fingerprint density at radius 2 is 1.74 bits per heavy atom. The highest BCUT2D eigenvalue weighted by Crippen LogP contribution is 2.61. The van der Waals surface area contributed by atoms with Crippen LogP contribution in [0.15, 0.2) is 0 Å². The van der Waals surface area contributed by atoms with Crippen LogP contribution in [0, 0.1) is 23.2 Å². The van der Waals surface area contributed by atoms with E-state index in [2.05, 4.69) is 28.2 Å². The van der Waals surface area contributed by atoms with Gasteiger partial charge in [0.1, 0.15) is 5.78 Å². The monoisotopic (exact) mass is 322 g/mol. The lowest BCUT2D eigenvalue weighted by Gasteiger charge is -2.62. The molecule has 0 amide bonds. The van der Waals surface area contributed by atoms with Gasteiger partial charge in [-0.15, -0.1) is 0 Å². The zero-order valence-electron chi connectivity index (χ0n) is 14.8. The highest BCUT2D eigenvalue weighted by molar-refractivity contribution is 5.98. The van der Waals surface area contributed by atoms with Crippen molar-refractivity contribution >= 4 is 11.6 Å². The molecule has 1 N–H and O–H groups in total. The molecule has 5 heteroatoms. The third-order valence-corrected chi connectivity index (χ3v) is 7.40. The van der Waals surface area contributed by atoms with Crippen LogP contribution >= 0.6 is 0 Å². The van der Waals surface area contributed by atoms with Crippen molar-refractivity contribution in [3.8, 4) is 0 Å². The van der Waals surface area contributed by atoms with Crippen LogP contribution in [0.2, 0.25) is 0 Å². The Morgan fingerprint density at radius 1 is 1.04 bits per heavy atom. The van der Waals surface area contributed by atoms with Crippen LogP contribution in [-0.4, -0.2) is 85.6 Å². The summed E-state index contributed by atoms with van der Waals surface area (Å²) in [7, 11) is 8.70. The smallest absolute Gasteiger partial charge is 0.157 e. The second kappa shape index (κ2) is 4.24. The van der Waals surface area contributed by atoms with E-state index in [4.69, 9.17) is 0 Å².